The van der Waals surface area contributed by atoms with E-state index in [1.165, 1.54) is 17.8 Å². The van der Waals surface area contributed by atoms with Crippen molar-refractivity contribution in [3.05, 3.63) is 34.6 Å². The zero-order valence-electron chi connectivity index (χ0n) is 19.8. The maximum atomic E-state index is 11.5. The number of hydrogen-bond donors (Lipinski definition) is 4. The first-order valence-electron chi connectivity index (χ1n) is 11.6. The number of aliphatic hydroxyl groups is 1. The summed E-state index contributed by atoms with van der Waals surface area (Å²) in [6.45, 7) is 0.503. The summed E-state index contributed by atoms with van der Waals surface area (Å²) in [7, 11) is 1.45. The van der Waals surface area contributed by atoms with Gasteiger partial charge < -0.3 is 30.6 Å². The molecule has 0 bridgehead atoms. The van der Waals surface area contributed by atoms with Gasteiger partial charge in [-0.3, -0.25) is 0 Å². The number of imidazole rings is 1. The number of hydrogen-bond acceptors (Lipinski definition) is 10. The maximum Gasteiger partial charge on any atom is 0.407 e. The first-order valence-corrected chi connectivity index (χ1v) is 12.0. The Balaban J connectivity index is 1.52. The minimum Gasteiger partial charge on any atom is -0.465 e. The number of nitriles is 2. The molecule has 1 aliphatic carbocycles. The van der Waals surface area contributed by atoms with Crippen LogP contribution in [0.1, 0.15) is 30.5 Å². The molecule has 1 aliphatic heterocycles. The summed E-state index contributed by atoms with van der Waals surface area (Å²) in [5, 5.41) is 50.0. The molecule has 13 nitrogen and oxygen atoms in total. The van der Waals surface area contributed by atoms with E-state index >= 15 is 0 Å². The standard InChI is InChI=1S/C23H23ClN10O3/c1-32(23(36)37)14-6-16(35)11-33(10-14)18-5-12(7-25)4-17(19(18)24)29-22-30-20(28-13-2-3-13)21-27-9-15(8-26)34(21)31-22/h4-5,9,13-14,16,35H,2-3,6,10-11H2,1H3,(H,36,37)(H2,28,29,30,31)/t14-,16+/m0/s1. The summed E-state index contributed by atoms with van der Waals surface area (Å²) in [4.78, 5) is 23.2. The summed E-state index contributed by atoms with van der Waals surface area (Å²) in [5.41, 5.74) is 1.75. The first kappa shape index (κ1) is 24.4. The highest BCUT2D eigenvalue weighted by Crippen LogP contribution is 2.37. The predicted molar refractivity (Wildman–Crippen MR) is 134 cm³/mol. The highest BCUT2D eigenvalue weighted by molar-refractivity contribution is 6.36. The maximum absolute atomic E-state index is 11.5. The van der Waals surface area contributed by atoms with Gasteiger partial charge in [-0.15, -0.1) is 5.10 Å². The number of likely N-dealkylation sites (N-methyl/N-ethyl adjacent to an activating group) is 1. The van der Waals surface area contributed by atoms with Gasteiger partial charge in [0.25, 0.3) is 0 Å². The van der Waals surface area contributed by atoms with Gasteiger partial charge in [0, 0.05) is 26.2 Å². The zero-order chi connectivity index (χ0) is 26.3. The molecule has 190 valence electrons. The molecule has 3 heterocycles. The predicted octanol–water partition coefficient (Wildman–Crippen LogP) is 2.39. The van der Waals surface area contributed by atoms with Crippen LogP contribution in [0.3, 0.4) is 0 Å². The van der Waals surface area contributed by atoms with Crippen LogP contribution in [0.5, 0.6) is 0 Å². The highest BCUT2D eigenvalue weighted by atomic mass is 35.5. The van der Waals surface area contributed by atoms with Crippen molar-refractivity contribution in [2.24, 2.45) is 0 Å². The summed E-state index contributed by atoms with van der Waals surface area (Å²) < 4.78 is 1.39. The molecule has 2 atom stereocenters. The lowest BCUT2D eigenvalue weighted by Gasteiger charge is -2.40. The Hall–Kier alpha value is -4.33. The Morgan fingerprint density at radius 2 is 2.05 bits per heavy atom. The molecule has 1 amide bonds. The van der Waals surface area contributed by atoms with Crippen LogP contribution >= 0.6 is 11.6 Å². The number of piperidine rings is 1. The molecule has 1 aromatic carbocycles. The second-order valence-corrected chi connectivity index (χ2v) is 9.51. The van der Waals surface area contributed by atoms with Crippen molar-refractivity contribution in [2.75, 3.05) is 35.7 Å². The molecule has 2 aliphatic rings. The lowest BCUT2D eigenvalue weighted by molar-refractivity contribution is 0.0892. The Kier molecular flexibility index (Phi) is 6.33. The summed E-state index contributed by atoms with van der Waals surface area (Å²) in [5.74, 6) is 0.600. The smallest absolute Gasteiger partial charge is 0.407 e. The number of aliphatic hydroxyl groups excluding tert-OH is 1. The molecule has 0 radical (unpaired) electrons. The SMILES string of the molecule is CN(C(=O)O)[C@H]1C[C@@H](O)CN(c2cc(C#N)cc(Nc3nc(NC4CC4)c4ncc(C#N)n4n3)c2Cl)C1. The fourth-order valence-electron chi connectivity index (χ4n) is 4.32. The van der Waals surface area contributed by atoms with Crippen molar-refractivity contribution in [2.45, 2.75) is 37.5 Å². The van der Waals surface area contributed by atoms with Crippen LogP contribution in [0.4, 0.5) is 27.9 Å². The van der Waals surface area contributed by atoms with Crippen molar-refractivity contribution in [3.63, 3.8) is 0 Å². The Morgan fingerprint density at radius 3 is 2.73 bits per heavy atom. The molecule has 1 saturated carbocycles. The van der Waals surface area contributed by atoms with Crippen LogP contribution in [0.2, 0.25) is 5.02 Å². The van der Waals surface area contributed by atoms with E-state index in [-0.39, 0.29) is 42.2 Å². The molecular formula is C23H23ClN10O3. The number of halogens is 1. The third-order valence-electron chi connectivity index (χ3n) is 6.42. The molecule has 0 unspecified atom stereocenters. The third kappa shape index (κ3) is 4.87. The molecule has 0 spiro atoms. The number of anilines is 4. The Morgan fingerprint density at radius 1 is 1.27 bits per heavy atom. The number of nitrogens with one attached hydrogen (secondary N) is 2. The van der Waals surface area contributed by atoms with Gasteiger partial charge in [0.15, 0.2) is 17.2 Å². The fraction of sp³-hybridized carbons (Fsp3) is 0.391. The lowest BCUT2D eigenvalue weighted by atomic mass is 10.0. The summed E-state index contributed by atoms with van der Waals surface area (Å²) in [6.07, 6.45) is 1.83. The molecule has 5 rings (SSSR count). The minimum absolute atomic E-state index is 0.134. The van der Waals surface area contributed by atoms with Gasteiger partial charge >= 0.3 is 6.09 Å². The van der Waals surface area contributed by atoms with Gasteiger partial charge in [-0.2, -0.15) is 20.0 Å². The van der Waals surface area contributed by atoms with Gasteiger partial charge in [-0.25, -0.2) is 9.78 Å². The van der Waals surface area contributed by atoms with Crippen molar-refractivity contribution >= 4 is 46.5 Å². The van der Waals surface area contributed by atoms with Crippen LogP contribution in [0.25, 0.3) is 5.65 Å². The fourth-order valence-corrected chi connectivity index (χ4v) is 4.60. The number of β-amino-alcohol motifs (C(OH)–C–C–N with tert-alkyl or cyclic N) is 1. The number of aromatic nitrogens is 4. The second kappa shape index (κ2) is 9.61. The van der Waals surface area contributed by atoms with Crippen LogP contribution in [-0.2, 0) is 0 Å². The number of nitrogens with zero attached hydrogens (tertiary/aromatic N) is 8. The quantitative estimate of drug-likeness (QED) is 0.373. The van der Waals surface area contributed by atoms with E-state index in [4.69, 9.17) is 11.6 Å². The minimum atomic E-state index is -1.10. The van der Waals surface area contributed by atoms with Crippen LogP contribution in [0.15, 0.2) is 18.3 Å². The van der Waals surface area contributed by atoms with E-state index in [0.717, 1.165) is 17.7 Å². The molecular weight excluding hydrogens is 500 g/mol. The molecule has 2 fully saturated rings. The van der Waals surface area contributed by atoms with E-state index in [9.17, 15) is 25.5 Å². The Labute approximate surface area is 216 Å². The molecule has 1 saturated heterocycles. The van der Waals surface area contributed by atoms with E-state index < -0.39 is 18.2 Å². The highest BCUT2D eigenvalue weighted by Gasteiger charge is 2.32. The van der Waals surface area contributed by atoms with Crippen molar-refractivity contribution < 1.29 is 15.0 Å². The van der Waals surface area contributed by atoms with Gasteiger partial charge in [-0.1, -0.05) is 11.6 Å². The second-order valence-electron chi connectivity index (χ2n) is 9.13. The van der Waals surface area contributed by atoms with E-state index in [1.54, 1.807) is 17.0 Å². The number of carbonyl (C=O) groups is 1. The average Bonchev–Trinajstić information content (AvgIpc) is 3.60. The van der Waals surface area contributed by atoms with Gasteiger partial charge in [0.2, 0.25) is 5.95 Å². The van der Waals surface area contributed by atoms with Crippen LogP contribution in [-0.4, -0.2) is 79.1 Å². The van der Waals surface area contributed by atoms with E-state index in [0.29, 0.717) is 28.4 Å². The summed E-state index contributed by atoms with van der Waals surface area (Å²) >= 11 is 6.78. The molecule has 3 aromatic rings. The number of benzene rings is 1. The monoisotopic (exact) mass is 522 g/mol. The normalized spacial score (nSPS) is 19.2. The molecule has 37 heavy (non-hydrogen) atoms. The van der Waals surface area contributed by atoms with Crippen molar-refractivity contribution in [1.82, 2.24) is 24.5 Å². The molecule has 2 aromatic heterocycles. The average molecular weight is 523 g/mol. The van der Waals surface area contributed by atoms with Crippen LogP contribution in [0, 0.1) is 22.7 Å². The van der Waals surface area contributed by atoms with Gasteiger partial charge in [0.05, 0.1) is 46.4 Å². The largest absolute Gasteiger partial charge is 0.465 e. The van der Waals surface area contributed by atoms with Crippen LogP contribution < -0.4 is 15.5 Å². The third-order valence-corrected chi connectivity index (χ3v) is 6.82. The summed E-state index contributed by atoms with van der Waals surface area (Å²) in [6, 6.07) is 7.11. The molecule has 4 N–H and O–H groups in total. The number of amides is 1. The van der Waals surface area contributed by atoms with E-state index in [2.05, 4.69) is 37.8 Å². The van der Waals surface area contributed by atoms with E-state index in [1.807, 2.05) is 0 Å². The van der Waals surface area contributed by atoms with Gasteiger partial charge in [-0.05, 0) is 31.4 Å². The van der Waals surface area contributed by atoms with Gasteiger partial charge in [0.1, 0.15) is 6.07 Å². The lowest BCUT2D eigenvalue weighted by Crippen LogP contribution is -2.53. The topological polar surface area (TPSA) is 179 Å². The zero-order valence-corrected chi connectivity index (χ0v) is 20.5. The Bertz CT molecular complexity index is 1460. The number of fused-ring (bicyclic) bond motifs is 1. The van der Waals surface area contributed by atoms with Crippen molar-refractivity contribution in [1.29, 1.82) is 10.5 Å². The first-order chi connectivity index (χ1) is 17.8. The van der Waals surface area contributed by atoms with Crippen molar-refractivity contribution in [3.8, 4) is 12.1 Å². The molecule has 14 heteroatoms. The number of rotatable bonds is 6. The number of carboxylic acid groups (broad SMARTS) is 1.